The predicted molar refractivity (Wildman–Crippen MR) is 131 cm³/mol. The number of aliphatic hydroxyl groups excluding tert-OH is 1. The lowest BCUT2D eigenvalue weighted by molar-refractivity contribution is -0.143. The number of hydrogen-bond acceptors (Lipinski definition) is 8. The van der Waals surface area contributed by atoms with Gasteiger partial charge in [-0.05, 0) is 51.5 Å². The topological polar surface area (TPSA) is 261 Å². The Balaban J connectivity index is 5.38. The third-order valence-electron chi connectivity index (χ3n) is 5.22. The van der Waals surface area contributed by atoms with E-state index in [2.05, 4.69) is 20.9 Å². The normalized spacial score (nSPS) is 15.3. The third-order valence-corrected chi connectivity index (χ3v) is 5.22. The molecule has 0 bridgehead atoms. The zero-order chi connectivity index (χ0) is 27.1. The number of aliphatic carboxylic acids is 1. The summed E-state index contributed by atoms with van der Waals surface area (Å²) in [5.41, 5.74) is 21.8. The van der Waals surface area contributed by atoms with E-state index in [4.69, 9.17) is 22.9 Å². The van der Waals surface area contributed by atoms with Gasteiger partial charge in [-0.15, -0.1) is 0 Å². The van der Waals surface area contributed by atoms with E-state index < -0.39 is 54.0 Å². The third kappa shape index (κ3) is 12.9. The van der Waals surface area contributed by atoms with Crippen molar-refractivity contribution in [2.75, 3.05) is 13.1 Å². The molecule has 0 fully saturated rings. The summed E-state index contributed by atoms with van der Waals surface area (Å²) in [5, 5.41) is 26.8. The fourth-order valence-corrected chi connectivity index (χ4v) is 3.01. The van der Waals surface area contributed by atoms with E-state index in [1.165, 1.54) is 6.92 Å². The summed E-state index contributed by atoms with van der Waals surface area (Å²) in [4.78, 5) is 53.4. The molecule has 0 saturated heterocycles. The number of carbonyl (C=O) groups is 4. The summed E-state index contributed by atoms with van der Waals surface area (Å²) in [7, 11) is 0. The molecule has 14 nitrogen and oxygen atoms in total. The molecule has 0 aromatic rings. The van der Waals surface area contributed by atoms with Crippen molar-refractivity contribution in [3.8, 4) is 0 Å². The molecular weight excluding hydrogens is 460 g/mol. The maximum atomic E-state index is 12.9. The van der Waals surface area contributed by atoms with Gasteiger partial charge in [0.2, 0.25) is 17.7 Å². The van der Waals surface area contributed by atoms with E-state index >= 15 is 0 Å². The molecule has 0 aliphatic carbocycles. The number of nitrogens with two attached hydrogens (primary N) is 4. The molecule has 14 heteroatoms. The number of nitrogens with zero attached hydrogens (tertiary/aromatic N) is 1. The highest BCUT2D eigenvalue weighted by Crippen LogP contribution is 2.06. The lowest BCUT2D eigenvalue weighted by Gasteiger charge is -2.27. The van der Waals surface area contributed by atoms with Crippen LogP contribution in [0.3, 0.4) is 0 Å². The molecule has 202 valence electrons. The fourth-order valence-electron chi connectivity index (χ4n) is 3.01. The first-order chi connectivity index (χ1) is 16.3. The predicted octanol–water partition coefficient (Wildman–Crippen LogP) is -2.93. The van der Waals surface area contributed by atoms with Gasteiger partial charge < -0.3 is 49.1 Å². The zero-order valence-corrected chi connectivity index (χ0v) is 20.7. The number of aliphatic hydroxyl groups is 1. The Morgan fingerprint density at radius 3 is 1.91 bits per heavy atom. The Morgan fingerprint density at radius 2 is 1.43 bits per heavy atom. The van der Waals surface area contributed by atoms with Crippen molar-refractivity contribution in [3.05, 3.63) is 0 Å². The Kier molecular flexibility index (Phi) is 15.2. The van der Waals surface area contributed by atoms with Gasteiger partial charge in [-0.2, -0.15) is 0 Å². The largest absolute Gasteiger partial charge is 0.480 e. The van der Waals surface area contributed by atoms with Gasteiger partial charge in [0.25, 0.3) is 0 Å². The molecule has 5 unspecified atom stereocenters. The molecule has 0 saturated carbocycles. The van der Waals surface area contributed by atoms with Gasteiger partial charge in [-0.25, -0.2) is 4.79 Å². The van der Waals surface area contributed by atoms with Gasteiger partial charge >= 0.3 is 5.97 Å². The number of amides is 3. The second-order valence-electron chi connectivity index (χ2n) is 8.69. The molecule has 0 rings (SSSR count). The summed E-state index contributed by atoms with van der Waals surface area (Å²) in [6.45, 7) is 5.36. The van der Waals surface area contributed by atoms with E-state index in [-0.39, 0.29) is 37.7 Å². The SMILES string of the molecule is CC(C)C(N)C(=O)NC(CCCCN)C(=O)NC(C(=O)NC(CCCN=C(N)N)C(=O)O)C(C)O. The van der Waals surface area contributed by atoms with Crippen LogP contribution < -0.4 is 38.9 Å². The van der Waals surface area contributed by atoms with Gasteiger partial charge in [0, 0.05) is 6.54 Å². The van der Waals surface area contributed by atoms with Crippen molar-refractivity contribution in [1.82, 2.24) is 16.0 Å². The van der Waals surface area contributed by atoms with Crippen LogP contribution >= 0.6 is 0 Å². The van der Waals surface area contributed by atoms with Crippen molar-refractivity contribution >= 4 is 29.7 Å². The first-order valence-corrected chi connectivity index (χ1v) is 11.6. The highest BCUT2D eigenvalue weighted by molar-refractivity contribution is 5.94. The molecule has 0 heterocycles. The summed E-state index contributed by atoms with van der Waals surface area (Å²) in [6.07, 6.45) is 0.296. The molecule has 0 spiro atoms. The average molecular weight is 503 g/mol. The zero-order valence-electron chi connectivity index (χ0n) is 20.7. The minimum atomic E-state index is -1.46. The number of nitrogens with one attached hydrogen (secondary N) is 3. The molecule has 13 N–H and O–H groups in total. The van der Waals surface area contributed by atoms with E-state index in [1.54, 1.807) is 13.8 Å². The molecular formula is C21H42N8O6. The van der Waals surface area contributed by atoms with Crippen LogP contribution in [0.5, 0.6) is 0 Å². The number of carboxylic acids is 1. The minimum absolute atomic E-state index is 0.0171. The van der Waals surface area contributed by atoms with E-state index in [0.717, 1.165) is 0 Å². The molecule has 5 atom stereocenters. The van der Waals surface area contributed by atoms with Crippen LogP contribution in [0, 0.1) is 5.92 Å². The highest BCUT2D eigenvalue weighted by Gasteiger charge is 2.32. The summed E-state index contributed by atoms with van der Waals surface area (Å²) < 4.78 is 0. The molecule has 0 radical (unpaired) electrons. The van der Waals surface area contributed by atoms with E-state index in [0.29, 0.717) is 19.4 Å². The molecule has 35 heavy (non-hydrogen) atoms. The number of hydrogen-bond donors (Lipinski definition) is 9. The standard InChI is InChI=1S/C21H42N8O6/c1-11(2)15(23)18(32)27-13(7-4-5-9-22)17(31)29-16(12(3)30)19(33)28-14(20(34)35)8-6-10-26-21(24)25/h11-16,30H,4-10,22-23H2,1-3H3,(H,27,32)(H,28,33)(H,29,31)(H,34,35)(H4,24,25,26). The van der Waals surface area contributed by atoms with Crippen LogP contribution in [-0.2, 0) is 19.2 Å². The lowest BCUT2D eigenvalue weighted by atomic mass is 10.0. The smallest absolute Gasteiger partial charge is 0.326 e. The second kappa shape index (κ2) is 16.6. The quantitative estimate of drug-likeness (QED) is 0.0555. The minimum Gasteiger partial charge on any atom is -0.480 e. The van der Waals surface area contributed by atoms with Crippen LogP contribution in [0.2, 0.25) is 0 Å². The summed E-state index contributed by atoms with van der Waals surface area (Å²) in [6, 6.07) is -4.62. The lowest BCUT2D eigenvalue weighted by Crippen LogP contribution is -2.60. The Labute approximate surface area is 205 Å². The first-order valence-electron chi connectivity index (χ1n) is 11.6. The van der Waals surface area contributed by atoms with E-state index in [9.17, 15) is 29.4 Å². The number of aliphatic imine (C=N–C) groups is 1. The summed E-state index contributed by atoms with van der Waals surface area (Å²) >= 11 is 0. The average Bonchev–Trinajstić information content (AvgIpc) is 2.77. The van der Waals surface area contributed by atoms with Crippen molar-refractivity contribution in [1.29, 1.82) is 0 Å². The van der Waals surface area contributed by atoms with Crippen LogP contribution in [-0.4, -0.2) is 83.2 Å². The van der Waals surface area contributed by atoms with Crippen LogP contribution in [0.15, 0.2) is 4.99 Å². The molecule has 0 aliphatic rings. The Morgan fingerprint density at radius 1 is 0.857 bits per heavy atom. The molecule has 0 aliphatic heterocycles. The first kappa shape index (κ1) is 32.0. The van der Waals surface area contributed by atoms with Crippen LogP contribution in [0.4, 0.5) is 0 Å². The maximum Gasteiger partial charge on any atom is 0.326 e. The number of unbranched alkanes of at least 4 members (excludes halogenated alkanes) is 1. The maximum absolute atomic E-state index is 12.9. The van der Waals surface area contributed by atoms with Crippen molar-refractivity contribution in [2.45, 2.75) is 83.1 Å². The number of carbonyl (C=O) groups excluding carboxylic acids is 3. The molecule has 3 amide bonds. The van der Waals surface area contributed by atoms with Crippen LogP contribution in [0.1, 0.15) is 52.9 Å². The van der Waals surface area contributed by atoms with Gasteiger partial charge in [-0.3, -0.25) is 19.4 Å². The van der Waals surface area contributed by atoms with E-state index in [1.807, 2.05) is 0 Å². The number of rotatable bonds is 17. The Bertz CT molecular complexity index is 727. The number of carboxylic acid groups (broad SMARTS) is 1. The van der Waals surface area contributed by atoms with Gasteiger partial charge in [-0.1, -0.05) is 13.8 Å². The monoisotopic (exact) mass is 502 g/mol. The fraction of sp³-hybridized carbons (Fsp3) is 0.762. The van der Waals surface area contributed by atoms with Crippen molar-refractivity contribution in [3.63, 3.8) is 0 Å². The van der Waals surface area contributed by atoms with Gasteiger partial charge in [0.1, 0.15) is 18.1 Å². The van der Waals surface area contributed by atoms with Crippen molar-refractivity contribution < 1.29 is 29.4 Å². The van der Waals surface area contributed by atoms with Crippen LogP contribution in [0.25, 0.3) is 0 Å². The van der Waals surface area contributed by atoms with Gasteiger partial charge in [0.05, 0.1) is 12.1 Å². The highest BCUT2D eigenvalue weighted by atomic mass is 16.4. The molecule has 0 aromatic heterocycles. The Hall–Kier alpha value is -2.97. The molecule has 0 aromatic carbocycles. The second-order valence-corrected chi connectivity index (χ2v) is 8.69. The van der Waals surface area contributed by atoms with Crippen molar-refractivity contribution in [2.24, 2.45) is 33.8 Å². The number of guanidine groups is 1. The summed E-state index contributed by atoms with van der Waals surface area (Å²) in [5.74, 6) is -3.74. The van der Waals surface area contributed by atoms with Gasteiger partial charge in [0.15, 0.2) is 5.96 Å².